The van der Waals surface area contributed by atoms with E-state index in [9.17, 15) is 14.3 Å². The Hall–Kier alpha value is -4.59. The normalized spacial score (nSPS) is 12.8. The number of hydrogen-bond acceptors (Lipinski definition) is 4. The molecular formula is C32H27F2N3O3. The van der Waals surface area contributed by atoms with Gasteiger partial charge in [-0.05, 0) is 74.6 Å². The topological polar surface area (TPSA) is 76.7 Å². The average Bonchev–Trinajstić information content (AvgIpc) is 3.26. The largest absolute Gasteiger partial charge is 0.490 e. The predicted molar refractivity (Wildman–Crippen MR) is 149 cm³/mol. The Kier molecular flexibility index (Phi) is 6.33. The summed E-state index contributed by atoms with van der Waals surface area (Å²) in [5, 5.41) is 14.7. The number of aryl methyl sites for hydroxylation is 2. The van der Waals surface area contributed by atoms with Crippen LogP contribution in [0.2, 0.25) is 0 Å². The molecular weight excluding hydrogens is 512 g/mol. The second kappa shape index (κ2) is 9.86. The van der Waals surface area contributed by atoms with Gasteiger partial charge in [0.1, 0.15) is 5.82 Å². The standard InChI is InChI=1S/C32H27F2N3O3/c1-17-24-11-6-12-40-31(24)27(34)15-25(17)30-26(16-28(38)39)19(3)35-32-18(2)29(36-37(30)32)22-9-4-7-20(13-22)21-8-5-10-23(33)14-21/h4-5,7-10,13-15H,6,11-12,16H2,1-3H3,(H,38,39). The van der Waals surface area contributed by atoms with Gasteiger partial charge in [-0.15, -0.1) is 0 Å². The number of ether oxygens (including phenoxy) is 1. The van der Waals surface area contributed by atoms with Crippen molar-refractivity contribution in [3.63, 3.8) is 0 Å². The second-order valence-corrected chi connectivity index (χ2v) is 10.2. The molecule has 0 unspecified atom stereocenters. The summed E-state index contributed by atoms with van der Waals surface area (Å²) in [6.07, 6.45) is 1.15. The molecule has 6 nitrogen and oxygen atoms in total. The first-order valence-corrected chi connectivity index (χ1v) is 13.1. The lowest BCUT2D eigenvalue weighted by molar-refractivity contribution is -0.136. The molecule has 2 aromatic heterocycles. The maximum atomic E-state index is 15.4. The van der Waals surface area contributed by atoms with E-state index in [1.165, 1.54) is 18.2 Å². The van der Waals surface area contributed by atoms with Crippen LogP contribution in [0.1, 0.15) is 34.4 Å². The van der Waals surface area contributed by atoms with Crippen LogP contribution in [0.5, 0.6) is 5.75 Å². The van der Waals surface area contributed by atoms with Gasteiger partial charge in [-0.2, -0.15) is 5.10 Å². The highest BCUT2D eigenvalue weighted by Crippen LogP contribution is 2.40. The molecule has 3 aromatic carbocycles. The minimum atomic E-state index is -1.02. The van der Waals surface area contributed by atoms with Crippen molar-refractivity contribution in [2.75, 3.05) is 6.61 Å². The molecule has 0 atom stereocenters. The van der Waals surface area contributed by atoms with Gasteiger partial charge in [0.2, 0.25) is 0 Å². The summed E-state index contributed by atoms with van der Waals surface area (Å²) in [4.78, 5) is 16.7. The fraction of sp³-hybridized carbons (Fsp3) is 0.219. The van der Waals surface area contributed by atoms with Crippen molar-refractivity contribution in [1.29, 1.82) is 0 Å². The lowest BCUT2D eigenvalue weighted by Crippen LogP contribution is -2.14. The van der Waals surface area contributed by atoms with E-state index in [4.69, 9.17) is 14.8 Å². The number of benzene rings is 3. The van der Waals surface area contributed by atoms with Crippen molar-refractivity contribution in [2.45, 2.75) is 40.0 Å². The number of fused-ring (bicyclic) bond motifs is 2. The number of hydrogen-bond donors (Lipinski definition) is 1. The third-order valence-electron chi connectivity index (χ3n) is 7.61. The zero-order valence-electron chi connectivity index (χ0n) is 22.4. The van der Waals surface area contributed by atoms with Crippen molar-refractivity contribution < 1.29 is 23.4 Å². The molecule has 5 aromatic rings. The molecule has 6 rings (SSSR count). The summed E-state index contributed by atoms with van der Waals surface area (Å²) in [6, 6.07) is 15.5. The second-order valence-electron chi connectivity index (χ2n) is 10.2. The van der Waals surface area contributed by atoms with E-state index in [0.717, 1.165) is 39.8 Å². The summed E-state index contributed by atoms with van der Waals surface area (Å²) in [7, 11) is 0. The fourth-order valence-corrected chi connectivity index (χ4v) is 5.63. The number of aliphatic carboxylic acids is 1. The predicted octanol–water partition coefficient (Wildman–Crippen LogP) is 6.89. The maximum absolute atomic E-state index is 15.4. The van der Waals surface area contributed by atoms with Crippen LogP contribution in [0.25, 0.3) is 39.3 Å². The molecule has 0 saturated heterocycles. The van der Waals surface area contributed by atoms with Gasteiger partial charge in [-0.3, -0.25) is 4.79 Å². The lowest BCUT2D eigenvalue weighted by Gasteiger charge is -2.23. The summed E-state index contributed by atoms with van der Waals surface area (Å²) < 4.78 is 36.6. The van der Waals surface area contributed by atoms with Gasteiger partial charge < -0.3 is 9.84 Å². The average molecular weight is 540 g/mol. The maximum Gasteiger partial charge on any atom is 0.307 e. The molecule has 40 heavy (non-hydrogen) atoms. The Bertz CT molecular complexity index is 1830. The number of halogens is 2. The highest BCUT2D eigenvalue weighted by Gasteiger charge is 2.27. The van der Waals surface area contributed by atoms with Crippen molar-refractivity contribution >= 4 is 11.6 Å². The monoisotopic (exact) mass is 539 g/mol. The molecule has 1 aliphatic rings. The SMILES string of the molecule is Cc1nc2c(C)c(-c3cccc(-c4cccc(F)c4)c3)nn2c(-c2cc(F)c3c(c2C)CCCO3)c1CC(=O)O. The summed E-state index contributed by atoms with van der Waals surface area (Å²) in [5.41, 5.74) is 8.08. The zero-order chi connectivity index (χ0) is 28.1. The molecule has 0 radical (unpaired) electrons. The van der Waals surface area contributed by atoms with E-state index in [2.05, 4.69) is 0 Å². The molecule has 0 saturated carbocycles. The van der Waals surface area contributed by atoms with Crippen molar-refractivity contribution in [3.8, 4) is 39.4 Å². The number of carbonyl (C=O) groups is 1. The highest BCUT2D eigenvalue weighted by atomic mass is 19.1. The van der Waals surface area contributed by atoms with Gasteiger partial charge >= 0.3 is 5.97 Å². The third kappa shape index (κ3) is 4.29. The number of nitrogens with zero attached hydrogens (tertiary/aromatic N) is 3. The molecule has 8 heteroatoms. The van der Waals surface area contributed by atoms with E-state index >= 15 is 4.39 Å². The molecule has 0 aliphatic carbocycles. The van der Waals surface area contributed by atoms with E-state index in [1.54, 1.807) is 17.5 Å². The van der Waals surface area contributed by atoms with Gasteiger partial charge in [0, 0.05) is 33.5 Å². The Labute approximate surface area is 229 Å². The van der Waals surface area contributed by atoms with E-state index in [-0.39, 0.29) is 18.0 Å². The minimum Gasteiger partial charge on any atom is -0.490 e. The van der Waals surface area contributed by atoms with E-state index in [0.29, 0.717) is 46.9 Å². The molecule has 1 aliphatic heterocycles. The van der Waals surface area contributed by atoms with Gasteiger partial charge in [-0.25, -0.2) is 18.3 Å². The van der Waals surface area contributed by atoms with E-state index in [1.807, 2.05) is 44.2 Å². The third-order valence-corrected chi connectivity index (χ3v) is 7.61. The molecule has 202 valence electrons. The van der Waals surface area contributed by atoms with Gasteiger partial charge in [-0.1, -0.05) is 30.3 Å². The number of carboxylic acid groups (broad SMARTS) is 1. The van der Waals surface area contributed by atoms with E-state index < -0.39 is 11.8 Å². The van der Waals surface area contributed by atoms with Gasteiger partial charge in [0.05, 0.1) is 24.4 Å². The lowest BCUT2D eigenvalue weighted by atomic mass is 9.91. The van der Waals surface area contributed by atoms with Crippen LogP contribution in [-0.4, -0.2) is 32.3 Å². The highest BCUT2D eigenvalue weighted by molar-refractivity contribution is 5.82. The molecule has 3 heterocycles. The number of rotatable bonds is 5. The van der Waals surface area contributed by atoms with Gasteiger partial charge in [0.25, 0.3) is 0 Å². The van der Waals surface area contributed by atoms with Crippen LogP contribution < -0.4 is 4.74 Å². The Morgan fingerprint density at radius 1 is 1.00 bits per heavy atom. The molecule has 0 fully saturated rings. The van der Waals surface area contributed by atoms with Crippen LogP contribution in [0.15, 0.2) is 54.6 Å². The number of aromatic nitrogens is 3. The number of carboxylic acids is 1. The Morgan fingerprint density at radius 3 is 2.48 bits per heavy atom. The van der Waals surface area contributed by atoms with Crippen LogP contribution >= 0.6 is 0 Å². The first-order valence-electron chi connectivity index (χ1n) is 13.1. The van der Waals surface area contributed by atoms with Crippen LogP contribution in [0.4, 0.5) is 8.78 Å². The quantitative estimate of drug-likeness (QED) is 0.263. The molecule has 1 N–H and O–H groups in total. The van der Waals surface area contributed by atoms with Gasteiger partial charge in [0.15, 0.2) is 17.2 Å². The Morgan fingerprint density at radius 2 is 1.73 bits per heavy atom. The summed E-state index contributed by atoms with van der Waals surface area (Å²) >= 11 is 0. The van der Waals surface area contributed by atoms with Crippen molar-refractivity contribution in [1.82, 2.24) is 14.6 Å². The minimum absolute atomic E-state index is 0.265. The first kappa shape index (κ1) is 25.7. The summed E-state index contributed by atoms with van der Waals surface area (Å²) in [5.74, 6) is -1.55. The first-order chi connectivity index (χ1) is 19.2. The molecule has 0 bridgehead atoms. The van der Waals surface area contributed by atoms with Crippen LogP contribution in [-0.2, 0) is 17.6 Å². The smallest absolute Gasteiger partial charge is 0.307 e. The van der Waals surface area contributed by atoms with Crippen LogP contribution in [0.3, 0.4) is 0 Å². The zero-order valence-corrected chi connectivity index (χ0v) is 22.4. The van der Waals surface area contributed by atoms with Crippen molar-refractivity contribution in [2.24, 2.45) is 0 Å². The summed E-state index contributed by atoms with van der Waals surface area (Å²) in [6.45, 7) is 6.05. The molecule has 0 spiro atoms. The fourth-order valence-electron chi connectivity index (χ4n) is 5.63. The molecule has 0 amide bonds. The Balaban J connectivity index is 1.61. The van der Waals surface area contributed by atoms with Crippen LogP contribution in [0, 0.1) is 32.4 Å². The van der Waals surface area contributed by atoms with Crippen molar-refractivity contribution in [3.05, 3.63) is 94.2 Å².